The number of nitrogens with one attached hydrogen (secondary N) is 1. The van der Waals surface area contributed by atoms with Crippen molar-refractivity contribution in [1.29, 1.82) is 0 Å². The van der Waals surface area contributed by atoms with Crippen LogP contribution in [0, 0.1) is 0 Å². The number of para-hydroxylation sites is 1. The molecule has 0 saturated carbocycles. The van der Waals surface area contributed by atoms with Crippen molar-refractivity contribution in [2.45, 2.75) is 71.1 Å². The molecule has 3 aromatic rings. The smallest absolute Gasteiger partial charge is 0.203 e. The van der Waals surface area contributed by atoms with Gasteiger partial charge in [0.25, 0.3) is 0 Å². The fourth-order valence-electron chi connectivity index (χ4n) is 4.37. The zero-order valence-electron chi connectivity index (χ0n) is 21.9. The van der Waals surface area contributed by atoms with Gasteiger partial charge < -0.3 is 19.5 Å². The number of fused-ring (bicyclic) bond motifs is 1. The van der Waals surface area contributed by atoms with Crippen LogP contribution in [0.3, 0.4) is 0 Å². The second kappa shape index (κ2) is 14.4. The zero-order valence-corrected chi connectivity index (χ0v) is 21.9. The third kappa shape index (κ3) is 7.48. The molecule has 0 unspecified atom stereocenters. The zero-order chi connectivity index (χ0) is 24.9. The van der Waals surface area contributed by atoms with E-state index in [1.807, 2.05) is 30.3 Å². The minimum Gasteiger partial charge on any atom is -0.493 e. The summed E-state index contributed by atoms with van der Waals surface area (Å²) >= 11 is 0. The molecule has 0 saturated heterocycles. The summed E-state index contributed by atoms with van der Waals surface area (Å²) in [5.74, 6) is 3.19. The molecule has 35 heavy (non-hydrogen) atoms. The Balaban J connectivity index is 1.65. The number of anilines is 1. The van der Waals surface area contributed by atoms with Gasteiger partial charge in [-0.2, -0.15) is 0 Å². The highest BCUT2D eigenvalue weighted by molar-refractivity contribution is 5.90. The SMILES string of the molecule is CCCCCCCCCCCCNc1nc(-c2cc(OC)c(OC)c(OC)c2)nc2ccccc12. The number of hydrogen-bond acceptors (Lipinski definition) is 6. The Bertz CT molecular complexity index is 1030. The fourth-order valence-corrected chi connectivity index (χ4v) is 4.37. The molecule has 0 fully saturated rings. The van der Waals surface area contributed by atoms with Gasteiger partial charge in [-0.25, -0.2) is 9.97 Å². The fraction of sp³-hybridized carbons (Fsp3) is 0.517. The monoisotopic (exact) mass is 479 g/mol. The van der Waals surface area contributed by atoms with Gasteiger partial charge in [0.2, 0.25) is 5.75 Å². The summed E-state index contributed by atoms with van der Waals surface area (Å²) < 4.78 is 16.5. The van der Waals surface area contributed by atoms with Gasteiger partial charge in [-0.15, -0.1) is 0 Å². The van der Waals surface area contributed by atoms with Crippen LogP contribution in [0.15, 0.2) is 36.4 Å². The van der Waals surface area contributed by atoms with E-state index in [4.69, 9.17) is 24.2 Å². The van der Waals surface area contributed by atoms with E-state index < -0.39 is 0 Å². The maximum absolute atomic E-state index is 5.53. The molecule has 1 heterocycles. The minimum absolute atomic E-state index is 0.554. The predicted octanol–water partition coefficient (Wildman–Crippen LogP) is 7.66. The Morgan fingerprint density at radius 1 is 0.714 bits per heavy atom. The van der Waals surface area contributed by atoms with Crippen LogP contribution in [0.4, 0.5) is 5.82 Å². The first kappa shape index (κ1) is 26.6. The summed E-state index contributed by atoms with van der Waals surface area (Å²) in [7, 11) is 4.83. The van der Waals surface area contributed by atoms with E-state index in [1.165, 1.54) is 57.8 Å². The largest absolute Gasteiger partial charge is 0.493 e. The number of benzene rings is 2. The lowest BCUT2D eigenvalue weighted by molar-refractivity contribution is 0.324. The second-order valence-corrected chi connectivity index (χ2v) is 8.94. The molecule has 1 aromatic heterocycles. The molecule has 3 rings (SSSR count). The maximum Gasteiger partial charge on any atom is 0.203 e. The van der Waals surface area contributed by atoms with Crippen LogP contribution in [0.1, 0.15) is 71.1 Å². The van der Waals surface area contributed by atoms with Crippen LogP contribution in [0.2, 0.25) is 0 Å². The standard InChI is InChI=1S/C29H41N3O3/c1-5-6-7-8-9-10-11-12-13-16-19-30-29-23-17-14-15-18-24(23)31-28(32-29)22-20-25(33-2)27(35-4)26(21-22)34-3/h14-15,17-18,20-21H,5-13,16,19H2,1-4H3,(H,30,31,32). The van der Waals surface area contributed by atoms with Crippen LogP contribution >= 0.6 is 0 Å². The molecule has 6 heteroatoms. The van der Waals surface area contributed by atoms with Gasteiger partial charge >= 0.3 is 0 Å². The van der Waals surface area contributed by atoms with Gasteiger partial charge in [-0.05, 0) is 30.7 Å². The highest BCUT2D eigenvalue weighted by Gasteiger charge is 2.17. The average Bonchev–Trinajstić information content (AvgIpc) is 2.90. The van der Waals surface area contributed by atoms with E-state index in [2.05, 4.69) is 18.3 Å². The number of rotatable bonds is 16. The summed E-state index contributed by atoms with van der Waals surface area (Å²) in [5.41, 5.74) is 1.71. The van der Waals surface area contributed by atoms with E-state index in [-0.39, 0.29) is 0 Å². The number of aromatic nitrogens is 2. The molecule has 0 amide bonds. The van der Waals surface area contributed by atoms with E-state index in [0.29, 0.717) is 23.1 Å². The van der Waals surface area contributed by atoms with Crippen molar-refractivity contribution < 1.29 is 14.2 Å². The van der Waals surface area contributed by atoms with Crippen LogP contribution in [-0.2, 0) is 0 Å². The first-order chi connectivity index (χ1) is 17.2. The van der Waals surface area contributed by atoms with Gasteiger partial charge in [0.05, 0.1) is 26.8 Å². The number of hydrogen-bond donors (Lipinski definition) is 1. The topological polar surface area (TPSA) is 65.5 Å². The van der Waals surface area contributed by atoms with E-state index in [1.54, 1.807) is 21.3 Å². The van der Waals surface area contributed by atoms with Gasteiger partial charge in [0.15, 0.2) is 17.3 Å². The highest BCUT2D eigenvalue weighted by atomic mass is 16.5. The van der Waals surface area contributed by atoms with E-state index in [9.17, 15) is 0 Å². The molecule has 0 atom stereocenters. The van der Waals surface area contributed by atoms with Crippen molar-refractivity contribution in [2.75, 3.05) is 33.2 Å². The molecule has 0 aliphatic rings. The molecule has 2 aromatic carbocycles. The molecule has 190 valence electrons. The molecule has 6 nitrogen and oxygen atoms in total. The molecular weight excluding hydrogens is 438 g/mol. The molecule has 0 aliphatic carbocycles. The Hall–Kier alpha value is -3.02. The molecule has 0 radical (unpaired) electrons. The normalized spacial score (nSPS) is 11.0. The highest BCUT2D eigenvalue weighted by Crippen LogP contribution is 2.41. The average molecular weight is 480 g/mol. The van der Waals surface area contributed by atoms with Crippen LogP contribution < -0.4 is 19.5 Å². The van der Waals surface area contributed by atoms with Gasteiger partial charge in [0, 0.05) is 17.5 Å². The van der Waals surface area contributed by atoms with Crippen molar-refractivity contribution in [3.05, 3.63) is 36.4 Å². The summed E-state index contributed by atoms with van der Waals surface area (Å²) in [6.45, 7) is 3.17. The first-order valence-corrected chi connectivity index (χ1v) is 13.0. The number of ether oxygens (including phenoxy) is 3. The van der Waals surface area contributed by atoms with Crippen LogP contribution in [0.25, 0.3) is 22.3 Å². The van der Waals surface area contributed by atoms with Crippen molar-refractivity contribution in [3.8, 4) is 28.6 Å². The van der Waals surface area contributed by atoms with E-state index >= 15 is 0 Å². The number of nitrogens with zero attached hydrogens (tertiary/aromatic N) is 2. The molecule has 0 bridgehead atoms. The van der Waals surface area contributed by atoms with Crippen LogP contribution in [-0.4, -0.2) is 37.8 Å². The van der Waals surface area contributed by atoms with Gasteiger partial charge in [-0.3, -0.25) is 0 Å². The molecule has 0 spiro atoms. The van der Waals surface area contributed by atoms with Gasteiger partial charge in [0.1, 0.15) is 5.82 Å². The Labute approximate surface area is 210 Å². The lowest BCUT2D eigenvalue weighted by Crippen LogP contribution is -2.06. The quantitative estimate of drug-likeness (QED) is 0.213. The summed E-state index contributed by atoms with van der Waals surface area (Å²) in [4.78, 5) is 9.70. The first-order valence-electron chi connectivity index (χ1n) is 13.0. The van der Waals surface area contributed by atoms with Crippen molar-refractivity contribution in [2.24, 2.45) is 0 Å². The summed E-state index contributed by atoms with van der Waals surface area (Å²) in [6.07, 6.45) is 13.3. The van der Waals surface area contributed by atoms with Crippen molar-refractivity contribution >= 4 is 16.7 Å². The lowest BCUT2D eigenvalue weighted by Gasteiger charge is -2.15. The van der Waals surface area contributed by atoms with Gasteiger partial charge in [-0.1, -0.05) is 76.8 Å². The third-order valence-corrected chi connectivity index (χ3v) is 6.35. The Morgan fingerprint density at radius 2 is 1.31 bits per heavy atom. The van der Waals surface area contributed by atoms with Crippen molar-refractivity contribution in [3.63, 3.8) is 0 Å². The van der Waals surface area contributed by atoms with E-state index in [0.717, 1.165) is 35.2 Å². The second-order valence-electron chi connectivity index (χ2n) is 8.94. The third-order valence-electron chi connectivity index (χ3n) is 6.35. The lowest BCUT2D eigenvalue weighted by atomic mass is 10.1. The number of unbranched alkanes of at least 4 members (excludes halogenated alkanes) is 9. The molecule has 0 aliphatic heterocycles. The predicted molar refractivity (Wildman–Crippen MR) is 145 cm³/mol. The Kier molecular flexibility index (Phi) is 10.9. The number of methoxy groups -OCH3 is 3. The maximum atomic E-state index is 5.53. The summed E-state index contributed by atoms with van der Waals surface area (Å²) in [5, 5.41) is 4.59. The minimum atomic E-state index is 0.554. The molecular formula is C29H41N3O3. The molecule has 1 N–H and O–H groups in total. The van der Waals surface area contributed by atoms with Crippen LogP contribution in [0.5, 0.6) is 17.2 Å². The Morgan fingerprint density at radius 3 is 1.91 bits per heavy atom. The van der Waals surface area contributed by atoms with Crippen molar-refractivity contribution in [1.82, 2.24) is 9.97 Å². The summed E-state index contributed by atoms with van der Waals surface area (Å²) in [6, 6.07) is 11.9.